The van der Waals surface area contributed by atoms with Crippen LogP contribution in [-0.4, -0.2) is 23.5 Å². The minimum atomic E-state index is -0.580. The van der Waals surface area contributed by atoms with Crippen LogP contribution in [0, 0.1) is 10.1 Å². The summed E-state index contributed by atoms with van der Waals surface area (Å²) in [4.78, 5) is 33.1. The highest BCUT2D eigenvalue weighted by Gasteiger charge is 2.27. The van der Waals surface area contributed by atoms with Crippen molar-refractivity contribution in [1.29, 1.82) is 0 Å². The first-order valence-corrected chi connectivity index (χ1v) is 5.67. The van der Waals surface area contributed by atoms with Gasteiger partial charge in [-0.2, -0.15) is 0 Å². The maximum Gasteiger partial charge on any atom is 0.280 e. The molecule has 8 nitrogen and oxygen atoms in total. The number of rotatable bonds is 2. The highest BCUT2D eigenvalue weighted by atomic mass is 16.7. The summed E-state index contributed by atoms with van der Waals surface area (Å²) in [5.41, 5.74) is 0.157. The second-order valence-electron chi connectivity index (χ2n) is 4.25. The Labute approximate surface area is 112 Å². The summed E-state index contributed by atoms with van der Waals surface area (Å²) >= 11 is 0. The van der Waals surface area contributed by atoms with E-state index < -0.39 is 16.7 Å². The third-order valence-corrected chi connectivity index (χ3v) is 2.94. The molecule has 1 aromatic rings. The Bertz CT molecular complexity index is 679. The van der Waals surface area contributed by atoms with Gasteiger partial charge < -0.3 is 9.47 Å². The zero-order chi connectivity index (χ0) is 14.3. The topological polar surface area (TPSA) is 108 Å². The number of hydrogen-bond donors (Lipinski definition) is 1. The van der Waals surface area contributed by atoms with E-state index in [1.807, 2.05) is 0 Å². The molecule has 1 fully saturated rings. The zero-order valence-corrected chi connectivity index (χ0v) is 10.0. The SMILES string of the molecule is O=C1CC(=Cc2cc3c(cc2[N+](=O)[O-])OCO3)C(=O)N1. The summed E-state index contributed by atoms with van der Waals surface area (Å²) in [5.74, 6) is -0.315. The number of nitro groups is 1. The van der Waals surface area contributed by atoms with Gasteiger partial charge in [-0.05, 0) is 12.1 Å². The van der Waals surface area contributed by atoms with E-state index in [1.165, 1.54) is 18.2 Å². The van der Waals surface area contributed by atoms with Gasteiger partial charge in [0.2, 0.25) is 12.7 Å². The van der Waals surface area contributed by atoms with Crippen molar-refractivity contribution in [2.75, 3.05) is 6.79 Å². The number of hydrogen-bond acceptors (Lipinski definition) is 6. The highest BCUT2D eigenvalue weighted by Crippen LogP contribution is 2.39. The van der Waals surface area contributed by atoms with Gasteiger partial charge in [0, 0.05) is 5.57 Å². The fraction of sp³-hybridized carbons (Fsp3) is 0.167. The average molecular weight is 276 g/mol. The first-order chi connectivity index (χ1) is 9.54. The Morgan fingerprint density at radius 1 is 1.25 bits per heavy atom. The van der Waals surface area contributed by atoms with Crippen molar-refractivity contribution in [1.82, 2.24) is 5.32 Å². The van der Waals surface area contributed by atoms with E-state index in [9.17, 15) is 19.7 Å². The lowest BCUT2D eigenvalue weighted by atomic mass is 10.1. The average Bonchev–Trinajstić information content (AvgIpc) is 2.94. The van der Waals surface area contributed by atoms with Crippen molar-refractivity contribution in [3.8, 4) is 11.5 Å². The molecule has 0 spiro atoms. The van der Waals surface area contributed by atoms with Crippen molar-refractivity contribution < 1.29 is 24.0 Å². The van der Waals surface area contributed by atoms with Crippen molar-refractivity contribution in [2.24, 2.45) is 0 Å². The van der Waals surface area contributed by atoms with E-state index in [-0.39, 0.29) is 35.8 Å². The number of carbonyl (C=O) groups excluding carboxylic acids is 2. The molecular formula is C12H8N2O6. The van der Waals surface area contributed by atoms with Crippen LogP contribution < -0.4 is 14.8 Å². The molecule has 0 unspecified atom stereocenters. The van der Waals surface area contributed by atoms with Crippen LogP contribution in [0.3, 0.4) is 0 Å². The lowest BCUT2D eigenvalue weighted by molar-refractivity contribution is -0.385. The predicted octanol–water partition coefficient (Wildman–Crippen LogP) is 0.753. The van der Waals surface area contributed by atoms with E-state index in [1.54, 1.807) is 0 Å². The number of fused-ring (bicyclic) bond motifs is 1. The summed E-state index contributed by atoms with van der Waals surface area (Å²) in [6, 6.07) is 2.66. The molecule has 20 heavy (non-hydrogen) atoms. The van der Waals surface area contributed by atoms with Gasteiger partial charge in [0.05, 0.1) is 23.0 Å². The normalized spacial score (nSPS) is 18.5. The van der Waals surface area contributed by atoms with Gasteiger partial charge in [0.15, 0.2) is 11.5 Å². The van der Waals surface area contributed by atoms with Crippen LogP contribution in [0.4, 0.5) is 5.69 Å². The van der Waals surface area contributed by atoms with E-state index in [4.69, 9.17) is 9.47 Å². The molecule has 0 aromatic heterocycles. The van der Waals surface area contributed by atoms with Crippen LogP contribution in [0.5, 0.6) is 11.5 Å². The fourth-order valence-corrected chi connectivity index (χ4v) is 2.03. The molecule has 1 aromatic carbocycles. The van der Waals surface area contributed by atoms with Gasteiger partial charge >= 0.3 is 0 Å². The van der Waals surface area contributed by atoms with Gasteiger partial charge in [0.25, 0.3) is 11.6 Å². The summed E-state index contributed by atoms with van der Waals surface area (Å²) in [7, 11) is 0. The maximum atomic E-state index is 11.5. The van der Waals surface area contributed by atoms with E-state index in [0.29, 0.717) is 5.75 Å². The number of nitrogens with one attached hydrogen (secondary N) is 1. The second-order valence-corrected chi connectivity index (χ2v) is 4.25. The van der Waals surface area contributed by atoms with Gasteiger partial charge in [-0.15, -0.1) is 0 Å². The number of amides is 2. The maximum absolute atomic E-state index is 11.5. The minimum absolute atomic E-state index is 0.00845. The third kappa shape index (κ3) is 1.96. The van der Waals surface area contributed by atoms with Crippen LogP contribution in [0.15, 0.2) is 17.7 Å². The molecule has 2 amide bonds. The molecule has 0 aliphatic carbocycles. The minimum Gasteiger partial charge on any atom is -0.454 e. The number of imide groups is 1. The second kappa shape index (κ2) is 4.34. The van der Waals surface area contributed by atoms with Crippen molar-refractivity contribution in [3.63, 3.8) is 0 Å². The first kappa shape index (κ1) is 12.2. The molecule has 8 heteroatoms. The lowest BCUT2D eigenvalue weighted by Gasteiger charge is -2.01. The van der Waals surface area contributed by atoms with Crippen LogP contribution in [0.25, 0.3) is 6.08 Å². The standard InChI is InChI=1S/C12H8N2O6/c15-11-3-7(12(16)13-11)1-6-2-9-10(20-5-19-9)4-8(6)14(17)18/h1-2,4H,3,5H2,(H,13,15,16). The molecule has 1 N–H and O–H groups in total. The molecule has 0 saturated carbocycles. The Balaban J connectivity index is 2.09. The number of nitrogens with zero attached hydrogens (tertiary/aromatic N) is 1. The molecule has 2 heterocycles. The van der Waals surface area contributed by atoms with Crippen LogP contribution in [0.1, 0.15) is 12.0 Å². The number of ether oxygens (including phenoxy) is 2. The lowest BCUT2D eigenvalue weighted by Crippen LogP contribution is -2.19. The molecule has 3 rings (SSSR count). The Morgan fingerprint density at radius 2 is 1.95 bits per heavy atom. The Kier molecular flexibility index (Phi) is 2.63. The third-order valence-electron chi connectivity index (χ3n) is 2.94. The van der Waals surface area contributed by atoms with Crippen molar-refractivity contribution in [2.45, 2.75) is 6.42 Å². The van der Waals surface area contributed by atoms with Crippen molar-refractivity contribution >= 4 is 23.6 Å². The number of nitro benzene ring substituents is 1. The van der Waals surface area contributed by atoms with Crippen LogP contribution in [0.2, 0.25) is 0 Å². The molecule has 0 bridgehead atoms. The monoisotopic (exact) mass is 276 g/mol. The molecule has 1 saturated heterocycles. The summed E-state index contributed by atoms with van der Waals surface area (Å²) in [5, 5.41) is 13.2. The quantitative estimate of drug-likeness (QED) is 0.369. The van der Waals surface area contributed by atoms with Crippen molar-refractivity contribution in [3.05, 3.63) is 33.4 Å². The van der Waals surface area contributed by atoms with Gasteiger partial charge in [-0.1, -0.05) is 0 Å². The van der Waals surface area contributed by atoms with E-state index >= 15 is 0 Å². The predicted molar refractivity (Wildman–Crippen MR) is 65.0 cm³/mol. The molecule has 102 valence electrons. The Hall–Kier alpha value is -2.90. The molecule has 0 radical (unpaired) electrons. The first-order valence-electron chi connectivity index (χ1n) is 5.67. The molecule has 2 aliphatic rings. The number of benzene rings is 1. The van der Waals surface area contributed by atoms with Crippen LogP contribution >= 0.6 is 0 Å². The van der Waals surface area contributed by atoms with E-state index in [0.717, 1.165) is 0 Å². The summed E-state index contributed by atoms with van der Waals surface area (Å²) in [6.45, 7) is -0.00845. The van der Waals surface area contributed by atoms with Gasteiger partial charge in [-0.25, -0.2) is 0 Å². The summed E-state index contributed by atoms with van der Waals surface area (Å²) in [6.07, 6.45) is 1.23. The summed E-state index contributed by atoms with van der Waals surface area (Å²) < 4.78 is 10.2. The van der Waals surface area contributed by atoms with Gasteiger partial charge in [-0.3, -0.25) is 25.0 Å². The van der Waals surface area contributed by atoms with Crippen LogP contribution in [-0.2, 0) is 9.59 Å². The zero-order valence-electron chi connectivity index (χ0n) is 10.0. The molecule has 2 aliphatic heterocycles. The smallest absolute Gasteiger partial charge is 0.280 e. The number of carbonyl (C=O) groups is 2. The highest BCUT2D eigenvalue weighted by molar-refractivity contribution is 6.15. The van der Waals surface area contributed by atoms with E-state index in [2.05, 4.69) is 5.32 Å². The molecular weight excluding hydrogens is 268 g/mol. The fourth-order valence-electron chi connectivity index (χ4n) is 2.03. The van der Waals surface area contributed by atoms with Gasteiger partial charge in [0.1, 0.15) is 0 Å². The largest absolute Gasteiger partial charge is 0.454 e. The molecule has 0 atom stereocenters. The Morgan fingerprint density at radius 3 is 2.55 bits per heavy atom.